The average molecular weight is 250 g/mol. The van der Waals surface area contributed by atoms with Gasteiger partial charge in [-0.3, -0.25) is 0 Å². The molecular formula is C12H10O6. The Morgan fingerprint density at radius 1 is 1.33 bits per heavy atom. The largest absolute Gasteiger partial charge is 0.504 e. The second-order valence-electron chi connectivity index (χ2n) is 3.47. The Bertz CT molecular complexity index is 670. The fraction of sp³-hybridized carbons (Fsp3) is 0.167. The monoisotopic (exact) mass is 250 g/mol. The van der Waals surface area contributed by atoms with Gasteiger partial charge in [0, 0.05) is 0 Å². The van der Waals surface area contributed by atoms with Gasteiger partial charge in [0.05, 0.1) is 14.2 Å². The Balaban J connectivity index is 2.78. The van der Waals surface area contributed by atoms with Crippen LogP contribution in [0.5, 0.6) is 11.5 Å². The zero-order valence-corrected chi connectivity index (χ0v) is 9.72. The second kappa shape index (κ2) is 4.40. The summed E-state index contributed by atoms with van der Waals surface area (Å²) in [7, 11) is 2.54. The molecule has 6 nitrogen and oxygen atoms in total. The molecule has 0 unspecified atom stereocenters. The summed E-state index contributed by atoms with van der Waals surface area (Å²) >= 11 is 0. The van der Waals surface area contributed by atoms with Crippen molar-refractivity contribution in [2.75, 3.05) is 14.2 Å². The fourth-order valence-electron chi connectivity index (χ4n) is 1.61. The maximum atomic E-state index is 11.7. The third kappa shape index (κ3) is 1.77. The maximum Gasteiger partial charge on any atom is 0.374 e. The number of esters is 1. The van der Waals surface area contributed by atoms with Crippen LogP contribution in [0.3, 0.4) is 0 Å². The van der Waals surface area contributed by atoms with Crippen LogP contribution in [-0.2, 0) is 4.74 Å². The predicted molar refractivity (Wildman–Crippen MR) is 62.0 cm³/mol. The first kappa shape index (κ1) is 12.0. The first-order valence-electron chi connectivity index (χ1n) is 5.00. The van der Waals surface area contributed by atoms with Crippen molar-refractivity contribution in [3.05, 3.63) is 34.4 Å². The highest BCUT2D eigenvalue weighted by molar-refractivity contribution is 5.94. The molecule has 6 heteroatoms. The number of benzene rings is 1. The molecule has 0 bridgehead atoms. The molecule has 0 radical (unpaired) electrons. The van der Waals surface area contributed by atoms with E-state index in [4.69, 9.17) is 9.15 Å². The molecule has 0 atom stereocenters. The van der Waals surface area contributed by atoms with Gasteiger partial charge in [0.25, 0.3) is 0 Å². The van der Waals surface area contributed by atoms with Gasteiger partial charge in [-0.15, -0.1) is 0 Å². The Labute approximate surface area is 101 Å². The first-order valence-corrected chi connectivity index (χ1v) is 5.00. The number of methoxy groups -OCH3 is 2. The highest BCUT2D eigenvalue weighted by Gasteiger charge is 2.16. The molecule has 2 aromatic rings. The molecule has 1 heterocycles. The lowest BCUT2D eigenvalue weighted by Crippen LogP contribution is -2.08. The van der Waals surface area contributed by atoms with Crippen molar-refractivity contribution in [3.8, 4) is 11.5 Å². The normalized spacial score (nSPS) is 10.3. The molecule has 1 aromatic carbocycles. The van der Waals surface area contributed by atoms with E-state index in [1.807, 2.05) is 0 Å². The lowest BCUT2D eigenvalue weighted by Gasteiger charge is -2.06. The number of carbonyl (C=O) groups excluding carboxylic acids is 1. The van der Waals surface area contributed by atoms with Crippen molar-refractivity contribution >= 4 is 16.7 Å². The van der Waals surface area contributed by atoms with E-state index in [1.165, 1.54) is 32.4 Å². The smallest absolute Gasteiger partial charge is 0.374 e. The summed E-state index contributed by atoms with van der Waals surface area (Å²) in [4.78, 5) is 23.0. The number of phenolic OH excluding ortho intramolecular Hbond substituents is 1. The van der Waals surface area contributed by atoms with E-state index >= 15 is 0 Å². The molecule has 18 heavy (non-hydrogen) atoms. The molecule has 1 N–H and O–H groups in total. The van der Waals surface area contributed by atoms with Gasteiger partial charge in [-0.05, 0) is 17.5 Å². The molecule has 2 rings (SSSR count). The van der Waals surface area contributed by atoms with Crippen LogP contribution in [0.1, 0.15) is 10.6 Å². The molecule has 0 spiro atoms. The van der Waals surface area contributed by atoms with Crippen LogP contribution in [0.15, 0.2) is 27.4 Å². The summed E-state index contributed by atoms with van der Waals surface area (Å²) in [5.74, 6) is -1.15. The van der Waals surface area contributed by atoms with Crippen molar-refractivity contribution in [1.29, 1.82) is 0 Å². The number of aromatic hydroxyl groups is 1. The predicted octanol–water partition coefficient (Wildman–Crippen LogP) is 1.29. The quantitative estimate of drug-likeness (QED) is 0.808. The van der Waals surface area contributed by atoms with Crippen molar-refractivity contribution in [3.63, 3.8) is 0 Å². The summed E-state index contributed by atoms with van der Waals surface area (Å²) in [6.45, 7) is 0. The van der Waals surface area contributed by atoms with Gasteiger partial charge < -0.3 is 19.0 Å². The number of hydrogen-bond donors (Lipinski definition) is 1. The molecule has 1 aromatic heterocycles. The van der Waals surface area contributed by atoms with E-state index in [-0.39, 0.29) is 22.6 Å². The van der Waals surface area contributed by atoms with Crippen LogP contribution in [-0.4, -0.2) is 25.3 Å². The number of carbonyl (C=O) groups is 1. The van der Waals surface area contributed by atoms with Crippen molar-refractivity contribution in [1.82, 2.24) is 0 Å². The van der Waals surface area contributed by atoms with Crippen molar-refractivity contribution < 1.29 is 23.8 Å². The number of hydrogen-bond acceptors (Lipinski definition) is 6. The molecule has 0 aliphatic rings. The third-order valence-electron chi connectivity index (χ3n) is 2.47. The van der Waals surface area contributed by atoms with E-state index in [9.17, 15) is 14.7 Å². The number of rotatable bonds is 2. The van der Waals surface area contributed by atoms with Gasteiger partial charge in [-0.2, -0.15) is 0 Å². The standard InChI is InChI=1S/C12H10O6/c1-16-7-4-3-6-5-8(11(14)17-2)18-12(15)9(6)10(7)13/h3-5,13H,1-2H3. The number of phenols is 1. The van der Waals surface area contributed by atoms with Gasteiger partial charge in [-0.1, -0.05) is 6.07 Å². The van der Waals surface area contributed by atoms with E-state index in [0.29, 0.717) is 5.39 Å². The summed E-state index contributed by atoms with van der Waals surface area (Å²) in [5.41, 5.74) is -0.829. The number of ether oxygens (including phenoxy) is 2. The minimum Gasteiger partial charge on any atom is -0.504 e. The van der Waals surface area contributed by atoms with Crippen LogP contribution in [0.2, 0.25) is 0 Å². The van der Waals surface area contributed by atoms with Gasteiger partial charge in [0.15, 0.2) is 11.5 Å². The highest BCUT2D eigenvalue weighted by Crippen LogP contribution is 2.32. The average Bonchev–Trinajstić information content (AvgIpc) is 2.37. The van der Waals surface area contributed by atoms with Gasteiger partial charge in [0.1, 0.15) is 5.39 Å². The van der Waals surface area contributed by atoms with E-state index in [2.05, 4.69) is 4.74 Å². The van der Waals surface area contributed by atoms with E-state index in [1.54, 1.807) is 0 Å². The Morgan fingerprint density at radius 2 is 2.06 bits per heavy atom. The molecule has 0 aliphatic carbocycles. The van der Waals surface area contributed by atoms with Crippen LogP contribution in [0.4, 0.5) is 0 Å². The molecule has 0 saturated heterocycles. The number of fused-ring (bicyclic) bond motifs is 1. The Kier molecular flexibility index (Phi) is 2.93. The molecule has 0 fully saturated rings. The summed E-state index contributed by atoms with van der Waals surface area (Å²) in [6, 6.07) is 4.34. The van der Waals surface area contributed by atoms with Gasteiger partial charge in [0.2, 0.25) is 5.76 Å². The van der Waals surface area contributed by atoms with Crippen LogP contribution in [0, 0.1) is 0 Å². The third-order valence-corrected chi connectivity index (χ3v) is 2.47. The Hall–Kier alpha value is -2.50. The fourth-order valence-corrected chi connectivity index (χ4v) is 1.61. The molecule has 94 valence electrons. The van der Waals surface area contributed by atoms with E-state index < -0.39 is 11.6 Å². The summed E-state index contributed by atoms with van der Waals surface area (Å²) < 4.78 is 14.1. The minimum atomic E-state index is -0.829. The van der Waals surface area contributed by atoms with E-state index in [0.717, 1.165) is 0 Å². The van der Waals surface area contributed by atoms with Crippen LogP contribution in [0.25, 0.3) is 10.8 Å². The summed E-state index contributed by atoms with van der Waals surface area (Å²) in [6.07, 6.45) is 0. The van der Waals surface area contributed by atoms with Crippen LogP contribution >= 0.6 is 0 Å². The lowest BCUT2D eigenvalue weighted by molar-refractivity contribution is 0.0560. The van der Waals surface area contributed by atoms with Gasteiger partial charge >= 0.3 is 11.6 Å². The molecule has 0 amide bonds. The van der Waals surface area contributed by atoms with Crippen LogP contribution < -0.4 is 10.4 Å². The summed E-state index contributed by atoms with van der Waals surface area (Å²) in [5, 5.41) is 10.1. The lowest BCUT2D eigenvalue weighted by atomic mass is 10.1. The first-order chi connectivity index (χ1) is 8.58. The topological polar surface area (TPSA) is 86.0 Å². The SMILES string of the molecule is COC(=O)c1cc2ccc(OC)c(O)c2c(=O)o1. The molecule has 0 aliphatic heterocycles. The van der Waals surface area contributed by atoms with Crippen molar-refractivity contribution in [2.45, 2.75) is 0 Å². The van der Waals surface area contributed by atoms with Crippen molar-refractivity contribution in [2.24, 2.45) is 0 Å². The molecule has 0 saturated carbocycles. The van der Waals surface area contributed by atoms with Gasteiger partial charge in [-0.25, -0.2) is 9.59 Å². The zero-order chi connectivity index (χ0) is 13.3. The molecular weight excluding hydrogens is 240 g/mol. The maximum absolute atomic E-state index is 11.7. The second-order valence-corrected chi connectivity index (χ2v) is 3.47. The zero-order valence-electron chi connectivity index (χ0n) is 9.72. The Morgan fingerprint density at radius 3 is 2.67 bits per heavy atom. The minimum absolute atomic E-state index is 0.0398. The highest BCUT2D eigenvalue weighted by atomic mass is 16.5.